The summed E-state index contributed by atoms with van der Waals surface area (Å²) in [5, 5.41) is 12.1. The fraction of sp³-hybridized carbons (Fsp3) is 0.462. The van der Waals surface area contributed by atoms with Gasteiger partial charge in [0.05, 0.1) is 12.6 Å². The van der Waals surface area contributed by atoms with Gasteiger partial charge >= 0.3 is 6.03 Å². The number of carbonyl (C=O) groups excluding carboxylic acids is 1. The molecule has 1 atom stereocenters. The van der Waals surface area contributed by atoms with Crippen LogP contribution in [0.3, 0.4) is 0 Å². The van der Waals surface area contributed by atoms with Crippen molar-refractivity contribution in [1.29, 1.82) is 0 Å². The average Bonchev–Trinajstić information content (AvgIpc) is 2.81. The second kappa shape index (κ2) is 5.71. The maximum atomic E-state index is 12.1. The summed E-state index contributed by atoms with van der Waals surface area (Å²) in [5.41, 5.74) is 1.82. The molecular weight excluding hydrogens is 296 g/mol. The van der Waals surface area contributed by atoms with E-state index < -0.39 is 0 Å². The molecule has 1 heterocycles. The van der Waals surface area contributed by atoms with Gasteiger partial charge in [-0.2, -0.15) is 0 Å². The number of halogens is 1. The van der Waals surface area contributed by atoms with E-state index in [0.717, 1.165) is 28.6 Å². The molecule has 1 aromatic carbocycles. The lowest BCUT2D eigenvalue weighted by molar-refractivity contribution is 0.166. The number of benzene rings is 1. The Morgan fingerprint density at radius 2 is 2.39 bits per heavy atom. The molecule has 98 valence electrons. The van der Waals surface area contributed by atoms with Gasteiger partial charge in [-0.3, -0.25) is 0 Å². The zero-order valence-electron chi connectivity index (χ0n) is 10.3. The van der Waals surface area contributed by atoms with Crippen LogP contribution in [0.1, 0.15) is 18.4 Å². The molecule has 2 N–H and O–H groups in total. The van der Waals surface area contributed by atoms with E-state index in [1.54, 1.807) is 4.90 Å². The van der Waals surface area contributed by atoms with Crippen LogP contribution in [0, 0.1) is 6.92 Å². The molecule has 2 rings (SSSR count). The number of aliphatic hydroxyl groups excluding tert-OH is 1. The standard InChI is InChI=1S/C13H17BrN2O2/c1-9-7-10(14)4-5-12(9)15-13(18)16-6-2-3-11(16)8-17/h4-5,7,11,17H,2-3,6,8H2,1H3,(H,15,18)/t11-/m1/s1. The molecule has 1 aliphatic rings. The smallest absolute Gasteiger partial charge is 0.322 e. The molecular formula is C13H17BrN2O2. The third-order valence-corrected chi connectivity index (χ3v) is 3.77. The van der Waals surface area contributed by atoms with Gasteiger partial charge < -0.3 is 15.3 Å². The summed E-state index contributed by atoms with van der Waals surface area (Å²) < 4.78 is 0.993. The zero-order valence-corrected chi connectivity index (χ0v) is 11.9. The van der Waals surface area contributed by atoms with Gasteiger partial charge in [0.25, 0.3) is 0 Å². The van der Waals surface area contributed by atoms with Gasteiger partial charge in [0, 0.05) is 16.7 Å². The Kier molecular flexibility index (Phi) is 4.24. The van der Waals surface area contributed by atoms with E-state index in [1.807, 2.05) is 25.1 Å². The van der Waals surface area contributed by atoms with Gasteiger partial charge in [-0.05, 0) is 43.5 Å². The fourth-order valence-corrected chi connectivity index (χ4v) is 2.72. The molecule has 0 aliphatic carbocycles. The number of hydrogen-bond donors (Lipinski definition) is 2. The highest BCUT2D eigenvalue weighted by Gasteiger charge is 2.28. The molecule has 0 aromatic heterocycles. The number of aliphatic hydroxyl groups is 1. The minimum Gasteiger partial charge on any atom is -0.394 e. The number of hydrogen-bond acceptors (Lipinski definition) is 2. The van der Waals surface area contributed by atoms with Crippen molar-refractivity contribution in [3.63, 3.8) is 0 Å². The minimum absolute atomic E-state index is 0.0345. The predicted molar refractivity (Wildman–Crippen MR) is 74.7 cm³/mol. The van der Waals surface area contributed by atoms with Gasteiger partial charge in [0.15, 0.2) is 0 Å². The van der Waals surface area contributed by atoms with Crippen molar-refractivity contribution >= 4 is 27.6 Å². The number of anilines is 1. The van der Waals surface area contributed by atoms with Crippen LogP contribution in [-0.4, -0.2) is 35.2 Å². The van der Waals surface area contributed by atoms with Gasteiger partial charge in [0.1, 0.15) is 0 Å². The van der Waals surface area contributed by atoms with Crippen molar-refractivity contribution in [2.75, 3.05) is 18.5 Å². The lowest BCUT2D eigenvalue weighted by atomic mass is 10.2. The molecule has 0 radical (unpaired) electrons. The first-order chi connectivity index (χ1) is 8.61. The molecule has 1 aliphatic heterocycles. The second-order valence-corrected chi connectivity index (χ2v) is 5.48. The Morgan fingerprint density at radius 1 is 1.61 bits per heavy atom. The van der Waals surface area contributed by atoms with Crippen LogP contribution >= 0.6 is 15.9 Å². The van der Waals surface area contributed by atoms with Crippen LogP contribution in [0.25, 0.3) is 0 Å². The van der Waals surface area contributed by atoms with Crippen LogP contribution in [-0.2, 0) is 0 Å². The number of nitrogens with one attached hydrogen (secondary N) is 1. The lowest BCUT2D eigenvalue weighted by Gasteiger charge is -2.23. The maximum Gasteiger partial charge on any atom is 0.322 e. The van der Waals surface area contributed by atoms with E-state index >= 15 is 0 Å². The maximum absolute atomic E-state index is 12.1. The highest BCUT2D eigenvalue weighted by Crippen LogP contribution is 2.22. The minimum atomic E-state index is -0.128. The molecule has 0 saturated carbocycles. The summed E-state index contributed by atoms with van der Waals surface area (Å²) in [6.45, 7) is 2.70. The van der Waals surface area contributed by atoms with E-state index in [2.05, 4.69) is 21.2 Å². The van der Waals surface area contributed by atoms with Gasteiger partial charge in [-0.1, -0.05) is 15.9 Å². The Hall–Kier alpha value is -1.07. The first kappa shape index (κ1) is 13.4. The monoisotopic (exact) mass is 312 g/mol. The van der Waals surface area contributed by atoms with E-state index in [9.17, 15) is 9.90 Å². The molecule has 0 unspecified atom stereocenters. The Balaban J connectivity index is 2.07. The van der Waals surface area contributed by atoms with Gasteiger partial charge in [0.2, 0.25) is 0 Å². The molecule has 1 fully saturated rings. The van der Waals surface area contributed by atoms with Crippen molar-refractivity contribution in [3.8, 4) is 0 Å². The van der Waals surface area contributed by atoms with Crippen molar-refractivity contribution in [2.24, 2.45) is 0 Å². The van der Waals surface area contributed by atoms with Crippen molar-refractivity contribution < 1.29 is 9.90 Å². The molecule has 5 heteroatoms. The number of nitrogens with zero attached hydrogens (tertiary/aromatic N) is 1. The van der Waals surface area contributed by atoms with Crippen LogP contribution in [0.15, 0.2) is 22.7 Å². The quantitative estimate of drug-likeness (QED) is 0.882. The number of carbonyl (C=O) groups is 1. The molecule has 0 spiro atoms. The topological polar surface area (TPSA) is 52.6 Å². The number of likely N-dealkylation sites (tertiary alicyclic amines) is 1. The third-order valence-electron chi connectivity index (χ3n) is 3.28. The highest BCUT2D eigenvalue weighted by atomic mass is 79.9. The first-order valence-electron chi connectivity index (χ1n) is 6.06. The van der Waals surface area contributed by atoms with E-state index in [-0.39, 0.29) is 18.7 Å². The average molecular weight is 313 g/mol. The second-order valence-electron chi connectivity index (χ2n) is 4.56. The first-order valence-corrected chi connectivity index (χ1v) is 6.85. The summed E-state index contributed by atoms with van der Waals surface area (Å²) >= 11 is 3.39. The Bertz CT molecular complexity index is 451. The number of urea groups is 1. The van der Waals surface area contributed by atoms with Crippen LogP contribution in [0.2, 0.25) is 0 Å². The SMILES string of the molecule is Cc1cc(Br)ccc1NC(=O)N1CCC[C@@H]1CO. The van der Waals surface area contributed by atoms with E-state index in [4.69, 9.17) is 0 Å². The highest BCUT2D eigenvalue weighted by molar-refractivity contribution is 9.10. The van der Waals surface area contributed by atoms with Crippen LogP contribution < -0.4 is 5.32 Å². The molecule has 0 bridgehead atoms. The van der Waals surface area contributed by atoms with E-state index in [0.29, 0.717) is 6.54 Å². The summed E-state index contributed by atoms with van der Waals surface area (Å²) in [7, 11) is 0. The van der Waals surface area contributed by atoms with Crippen molar-refractivity contribution in [2.45, 2.75) is 25.8 Å². The summed E-state index contributed by atoms with van der Waals surface area (Å²) in [6.07, 6.45) is 1.83. The number of rotatable bonds is 2. The molecule has 1 saturated heterocycles. The van der Waals surface area contributed by atoms with Gasteiger partial charge in [-0.25, -0.2) is 4.79 Å². The Labute approximate surface area is 115 Å². The van der Waals surface area contributed by atoms with Crippen molar-refractivity contribution in [3.05, 3.63) is 28.2 Å². The summed E-state index contributed by atoms with van der Waals surface area (Å²) in [4.78, 5) is 13.8. The fourth-order valence-electron chi connectivity index (χ4n) is 2.25. The molecule has 1 aromatic rings. The van der Waals surface area contributed by atoms with Gasteiger partial charge in [-0.15, -0.1) is 0 Å². The Morgan fingerprint density at radius 3 is 3.06 bits per heavy atom. The molecule has 2 amide bonds. The largest absolute Gasteiger partial charge is 0.394 e. The van der Waals surface area contributed by atoms with Crippen molar-refractivity contribution in [1.82, 2.24) is 4.90 Å². The number of amides is 2. The third kappa shape index (κ3) is 2.84. The lowest BCUT2D eigenvalue weighted by Crippen LogP contribution is -2.40. The zero-order chi connectivity index (χ0) is 13.1. The van der Waals surface area contributed by atoms with Crippen LogP contribution in [0.4, 0.5) is 10.5 Å². The molecule has 4 nitrogen and oxygen atoms in total. The summed E-state index contributed by atoms with van der Waals surface area (Å²) in [6, 6.07) is 5.57. The predicted octanol–water partition coefficient (Wildman–Crippen LogP) is 2.75. The molecule has 18 heavy (non-hydrogen) atoms. The normalized spacial score (nSPS) is 19.1. The number of aryl methyl sites for hydroxylation is 1. The van der Waals surface area contributed by atoms with Crippen LogP contribution in [0.5, 0.6) is 0 Å². The summed E-state index contributed by atoms with van der Waals surface area (Å²) in [5.74, 6) is 0. The van der Waals surface area contributed by atoms with E-state index in [1.165, 1.54) is 0 Å².